The molecule has 0 radical (unpaired) electrons. The Balaban J connectivity index is 2.28. The van der Waals surface area contributed by atoms with Gasteiger partial charge in [-0.3, -0.25) is 4.79 Å². The van der Waals surface area contributed by atoms with Crippen LogP contribution >= 0.6 is 11.8 Å². The topological polar surface area (TPSA) is 37.3 Å². The van der Waals surface area contributed by atoms with Gasteiger partial charge in [0, 0.05) is 5.56 Å². The predicted octanol–water partition coefficient (Wildman–Crippen LogP) is 4.22. The van der Waals surface area contributed by atoms with Gasteiger partial charge in [-0.2, -0.15) is 13.2 Å². The minimum absolute atomic E-state index is 0.251. The maximum atomic E-state index is 12.9. The van der Waals surface area contributed by atoms with E-state index in [0.29, 0.717) is 17.3 Å². The maximum Gasteiger partial charge on any atom is 0.415 e. The Morgan fingerprint density at radius 1 is 0.955 bits per heavy atom. The van der Waals surface area contributed by atoms with Gasteiger partial charge in [0.2, 0.25) is 5.12 Å². The van der Waals surface area contributed by atoms with Crippen LogP contribution in [0.1, 0.15) is 21.2 Å². The van der Waals surface area contributed by atoms with Crippen LogP contribution in [0.15, 0.2) is 60.7 Å². The molecule has 0 saturated carbocycles. The monoisotopic (exact) mass is 326 g/mol. The van der Waals surface area contributed by atoms with Gasteiger partial charge in [0.05, 0.1) is 5.25 Å². The number of carbonyl (C=O) groups excluding carboxylic acids is 1. The Labute approximate surface area is 130 Å². The van der Waals surface area contributed by atoms with Gasteiger partial charge >= 0.3 is 6.18 Å². The fraction of sp³-hybridized carbons (Fsp3) is 0.188. The van der Waals surface area contributed by atoms with Crippen molar-refractivity contribution in [2.24, 2.45) is 0 Å². The summed E-state index contributed by atoms with van der Waals surface area (Å²) in [4.78, 5) is 12.1. The second-order valence-corrected chi connectivity index (χ2v) is 5.70. The lowest BCUT2D eigenvalue weighted by atomic mass is 10.1. The smallest absolute Gasteiger partial charge is 0.382 e. The molecule has 0 unspecified atom stereocenters. The van der Waals surface area contributed by atoms with Gasteiger partial charge in [-0.15, -0.1) is 0 Å². The first-order chi connectivity index (χ1) is 10.4. The second kappa shape index (κ2) is 6.98. The van der Waals surface area contributed by atoms with E-state index in [-0.39, 0.29) is 5.56 Å². The van der Waals surface area contributed by atoms with E-state index in [0.717, 1.165) is 0 Å². The van der Waals surface area contributed by atoms with Crippen LogP contribution in [0, 0.1) is 0 Å². The SMILES string of the molecule is O=C(S[C@H](c1ccccc1)[C@@H](O)C(F)(F)F)c1ccccc1. The van der Waals surface area contributed by atoms with Crippen molar-refractivity contribution < 1.29 is 23.1 Å². The molecule has 0 saturated heterocycles. The molecule has 116 valence electrons. The Morgan fingerprint density at radius 2 is 1.45 bits per heavy atom. The van der Waals surface area contributed by atoms with Crippen LogP contribution in [-0.2, 0) is 0 Å². The predicted molar refractivity (Wildman–Crippen MR) is 79.6 cm³/mol. The molecule has 1 N–H and O–H groups in total. The minimum atomic E-state index is -4.80. The highest BCUT2D eigenvalue weighted by Crippen LogP contribution is 2.40. The van der Waals surface area contributed by atoms with E-state index in [1.807, 2.05) is 0 Å². The van der Waals surface area contributed by atoms with Gasteiger partial charge in [-0.25, -0.2) is 0 Å². The molecule has 22 heavy (non-hydrogen) atoms. The highest BCUT2D eigenvalue weighted by Gasteiger charge is 2.45. The molecule has 0 aliphatic rings. The van der Waals surface area contributed by atoms with Gasteiger partial charge < -0.3 is 5.11 Å². The lowest BCUT2D eigenvalue weighted by Crippen LogP contribution is -2.33. The van der Waals surface area contributed by atoms with Gasteiger partial charge in [0.15, 0.2) is 6.10 Å². The van der Waals surface area contributed by atoms with E-state index in [2.05, 4.69) is 0 Å². The fourth-order valence-electron chi connectivity index (χ4n) is 1.89. The van der Waals surface area contributed by atoms with Crippen LogP contribution in [0.2, 0.25) is 0 Å². The molecule has 2 nitrogen and oxygen atoms in total. The standard InChI is InChI=1S/C16H13F3O2S/c17-16(18,19)14(20)13(11-7-3-1-4-8-11)22-15(21)12-9-5-2-6-10-12/h1-10,13-14,20H/t13-,14-/m1/s1. The highest BCUT2D eigenvalue weighted by molar-refractivity contribution is 8.14. The highest BCUT2D eigenvalue weighted by atomic mass is 32.2. The summed E-state index contributed by atoms with van der Waals surface area (Å²) in [5, 5.41) is 7.67. The average Bonchev–Trinajstić information content (AvgIpc) is 2.52. The molecule has 0 amide bonds. The van der Waals surface area contributed by atoms with E-state index in [4.69, 9.17) is 0 Å². The quantitative estimate of drug-likeness (QED) is 0.914. The Morgan fingerprint density at radius 3 is 1.95 bits per heavy atom. The van der Waals surface area contributed by atoms with Gasteiger partial charge in [-0.05, 0) is 5.56 Å². The zero-order valence-electron chi connectivity index (χ0n) is 11.3. The number of thioether (sulfide) groups is 1. The molecule has 0 spiro atoms. The number of rotatable bonds is 4. The molecule has 2 aromatic rings. The number of aliphatic hydroxyl groups excluding tert-OH is 1. The fourth-order valence-corrected chi connectivity index (χ4v) is 2.97. The van der Waals surface area contributed by atoms with Crippen LogP contribution < -0.4 is 0 Å². The van der Waals surface area contributed by atoms with E-state index >= 15 is 0 Å². The Bertz CT molecular complexity index is 614. The van der Waals surface area contributed by atoms with Gasteiger partial charge in [0.1, 0.15) is 0 Å². The summed E-state index contributed by atoms with van der Waals surface area (Å²) in [7, 11) is 0. The van der Waals surface area contributed by atoms with Crippen molar-refractivity contribution >= 4 is 16.9 Å². The van der Waals surface area contributed by atoms with Crippen LogP contribution in [0.3, 0.4) is 0 Å². The molecule has 0 aliphatic heterocycles. The number of hydrogen-bond acceptors (Lipinski definition) is 3. The van der Waals surface area contributed by atoms with Crippen molar-refractivity contribution in [3.8, 4) is 0 Å². The van der Waals surface area contributed by atoms with Crippen molar-refractivity contribution in [3.63, 3.8) is 0 Å². The van der Waals surface area contributed by atoms with Gasteiger partial charge in [-0.1, -0.05) is 72.4 Å². The molecule has 2 rings (SSSR count). The second-order valence-electron chi connectivity index (χ2n) is 4.59. The van der Waals surface area contributed by atoms with Crippen molar-refractivity contribution in [1.29, 1.82) is 0 Å². The molecule has 2 aromatic carbocycles. The molecular formula is C16H13F3O2S. The third-order valence-corrected chi connectivity index (χ3v) is 4.23. The number of aliphatic hydroxyl groups is 1. The van der Waals surface area contributed by atoms with E-state index in [9.17, 15) is 23.1 Å². The van der Waals surface area contributed by atoms with Crippen LogP contribution in [0.4, 0.5) is 13.2 Å². The van der Waals surface area contributed by atoms with E-state index in [1.54, 1.807) is 36.4 Å². The summed E-state index contributed by atoms with van der Waals surface area (Å²) in [6.45, 7) is 0. The molecule has 0 aromatic heterocycles. The van der Waals surface area contributed by atoms with Crippen LogP contribution in [0.25, 0.3) is 0 Å². The molecular weight excluding hydrogens is 313 g/mol. The van der Waals surface area contributed by atoms with Crippen LogP contribution in [0.5, 0.6) is 0 Å². The van der Waals surface area contributed by atoms with Gasteiger partial charge in [0.25, 0.3) is 0 Å². The van der Waals surface area contributed by atoms with Crippen molar-refractivity contribution in [2.45, 2.75) is 17.5 Å². The van der Waals surface area contributed by atoms with Crippen LogP contribution in [-0.4, -0.2) is 22.5 Å². The zero-order chi connectivity index (χ0) is 16.2. The number of alkyl halides is 3. The van der Waals surface area contributed by atoms with Crippen molar-refractivity contribution in [3.05, 3.63) is 71.8 Å². The summed E-state index contributed by atoms with van der Waals surface area (Å²) in [6, 6.07) is 15.7. The molecule has 2 atom stereocenters. The summed E-state index contributed by atoms with van der Waals surface area (Å²) >= 11 is 0.477. The first kappa shape index (κ1) is 16.6. The zero-order valence-corrected chi connectivity index (χ0v) is 12.1. The minimum Gasteiger partial charge on any atom is -0.382 e. The summed E-state index contributed by atoms with van der Waals surface area (Å²) in [6.07, 6.45) is -7.42. The first-order valence-corrected chi connectivity index (χ1v) is 7.33. The first-order valence-electron chi connectivity index (χ1n) is 6.45. The summed E-state index contributed by atoms with van der Waals surface area (Å²) in [5.41, 5.74) is 0.546. The number of hydrogen-bond donors (Lipinski definition) is 1. The molecule has 0 aliphatic carbocycles. The summed E-state index contributed by atoms with van der Waals surface area (Å²) < 4.78 is 38.6. The Hall–Kier alpha value is -1.79. The van der Waals surface area contributed by atoms with Crippen molar-refractivity contribution in [2.75, 3.05) is 0 Å². The number of carbonyl (C=O) groups is 1. The van der Waals surface area contributed by atoms with Crippen molar-refractivity contribution in [1.82, 2.24) is 0 Å². The summed E-state index contributed by atoms with van der Waals surface area (Å²) in [5.74, 6) is 0. The number of halogens is 3. The van der Waals surface area contributed by atoms with E-state index < -0.39 is 22.6 Å². The lowest BCUT2D eigenvalue weighted by Gasteiger charge is -2.24. The largest absolute Gasteiger partial charge is 0.415 e. The lowest BCUT2D eigenvalue weighted by molar-refractivity contribution is -0.203. The number of benzene rings is 2. The molecule has 6 heteroatoms. The average molecular weight is 326 g/mol. The Kier molecular flexibility index (Phi) is 5.26. The maximum absolute atomic E-state index is 12.9. The molecule has 0 bridgehead atoms. The third-order valence-electron chi connectivity index (χ3n) is 2.99. The third kappa shape index (κ3) is 4.11. The van der Waals surface area contributed by atoms with E-state index in [1.165, 1.54) is 24.3 Å². The molecule has 0 heterocycles. The normalized spacial score (nSPS) is 14.4. The molecule has 0 fully saturated rings.